The van der Waals surface area contributed by atoms with Crippen LogP contribution in [0.4, 0.5) is 14.5 Å². The van der Waals surface area contributed by atoms with Crippen LogP contribution in [0.2, 0.25) is 0 Å². The summed E-state index contributed by atoms with van der Waals surface area (Å²) in [6, 6.07) is 19.8. The molecule has 4 aromatic carbocycles. The maximum Gasteiger partial charge on any atom is 0.259 e. The van der Waals surface area contributed by atoms with Gasteiger partial charge in [0.05, 0.1) is 18.2 Å². The number of fused-ring (bicyclic) bond motifs is 2. The zero-order valence-electron chi connectivity index (χ0n) is 18.9. The number of carbonyl (C=O) groups is 2. The number of benzene rings is 4. The first-order valence-corrected chi connectivity index (χ1v) is 11.3. The Labute approximate surface area is 200 Å². The quantitative estimate of drug-likeness (QED) is 0.415. The molecule has 0 bridgehead atoms. The van der Waals surface area contributed by atoms with E-state index in [2.05, 4.69) is 5.32 Å². The van der Waals surface area contributed by atoms with Gasteiger partial charge in [0.25, 0.3) is 5.91 Å². The predicted molar refractivity (Wildman–Crippen MR) is 129 cm³/mol. The van der Waals surface area contributed by atoms with E-state index in [4.69, 9.17) is 4.74 Å². The number of carbonyl (C=O) groups excluding carboxylic acids is 2. The van der Waals surface area contributed by atoms with Crippen molar-refractivity contribution in [2.45, 2.75) is 13.0 Å². The fraction of sp³-hybridized carbons (Fsp3) is 0.143. The number of rotatable bonds is 4. The van der Waals surface area contributed by atoms with Gasteiger partial charge in [-0.2, -0.15) is 0 Å². The molecular formula is C28H22F2N2O3. The highest BCUT2D eigenvalue weighted by molar-refractivity contribution is 6.11. The van der Waals surface area contributed by atoms with Gasteiger partial charge in [-0.05, 0) is 59.7 Å². The molecule has 0 radical (unpaired) electrons. The Morgan fingerprint density at radius 3 is 2.51 bits per heavy atom. The van der Waals surface area contributed by atoms with Gasteiger partial charge in [0, 0.05) is 11.3 Å². The van der Waals surface area contributed by atoms with Gasteiger partial charge in [-0.3, -0.25) is 9.59 Å². The summed E-state index contributed by atoms with van der Waals surface area (Å²) in [5, 5.41) is 4.28. The van der Waals surface area contributed by atoms with E-state index in [1.54, 1.807) is 6.07 Å². The highest BCUT2D eigenvalue weighted by Crippen LogP contribution is 2.39. The predicted octanol–water partition coefficient (Wildman–Crippen LogP) is 5.70. The third-order valence-electron chi connectivity index (χ3n) is 6.06. The van der Waals surface area contributed by atoms with Crippen molar-refractivity contribution >= 4 is 28.3 Å². The normalized spacial score (nSPS) is 15.3. The van der Waals surface area contributed by atoms with E-state index in [-0.39, 0.29) is 6.54 Å². The lowest BCUT2D eigenvalue weighted by atomic mass is 9.94. The van der Waals surface area contributed by atoms with Crippen molar-refractivity contribution in [1.82, 2.24) is 4.90 Å². The summed E-state index contributed by atoms with van der Waals surface area (Å²) in [5.41, 5.74) is 1.64. The summed E-state index contributed by atoms with van der Waals surface area (Å²) in [6.07, 6.45) is 0. The Balaban J connectivity index is 1.74. The van der Waals surface area contributed by atoms with Gasteiger partial charge >= 0.3 is 0 Å². The van der Waals surface area contributed by atoms with Gasteiger partial charge < -0.3 is 15.0 Å². The second-order valence-electron chi connectivity index (χ2n) is 8.26. The standard InChI is InChI=1S/C28H22F2N2O3/c1-2-35-24-14-9-17-5-3-4-6-21(17)26(24)28(34)32-16-25(33)31-23-13-12-20(30)15-22(23)27(32)18-7-10-19(29)11-8-18/h3-15,27H,2,16H2,1H3,(H,31,33)/t27-/m0/s1. The van der Waals surface area contributed by atoms with Crippen molar-refractivity contribution in [2.75, 3.05) is 18.5 Å². The van der Waals surface area contributed by atoms with Crippen molar-refractivity contribution in [1.29, 1.82) is 0 Å². The molecule has 2 amide bonds. The van der Waals surface area contributed by atoms with Crippen LogP contribution in [0.5, 0.6) is 5.75 Å². The summed E-state index contributed by atoms with van der Waals surface area (Å²) in [6.45, 7) is 1.88. The molecule has 4 aromatic rings. The molecule has 0 saturated carbocycles. The van der Waals surface area contributed by atoms with Crippen LogP contribution in [-0.2, 0) is 4.79 Å². The maximum atomic E-state index is 14.4. The Kier molecular flexibility index (Phi) is 5.91. The van der Waals surface area contributed by atoms with Crippen LogP contribution in [-0.4, -0.2) is 29.9 Å². The zero-order chi connectivity index (χ0) is 24.5. The van der Waals surface area contributed by atoms with Crippen LogP contribution in [0.3, 0.4) is 0 Å². The second-order valence-corrected chi connectivity index (χ2v) is 8.26. The molecule has 1 aliphatic heterocycles. The highest BCUT2D eigenvalue weighted by atomic mass is 19.1. The molecule has 1 N–H and O–H groups in total. The molecule has 0 aliphatic carbocycles. The Morgan fingerprint density at radius 2 is 1.74 bits per heavy atom. The monoisotopic (exact) mass is 472 g/mol. The van der Waals surface area contributed by atoms with Gasteiger partial charge in [-0.25, -0.2) is 8.78 Å². The minimum atomic E-state index is -0.846. The lowest BCUT2D eigenvalue weighted by Gasteiger charge is -2.31. The minimum absolute atomic E-state index is 0.286. The van der Waals surface area contributed by atoms with E-state index in [0.717, 1.165) is 5.39 Å². The topological polar surface area (TPSA) is 58.6 Å². The van der Waals surface area contributed by atoms with Crippen molar-refractivity contribution in [3.05, 3.63) is 107 Å². The molecule has 35 heavy (non-hydrogen) atoms. The molecule has 0 spiro atoms. The van der Waals surface area contributed by atoms with E-state index in [1.807, 2.05) is 37.3 Å². The first-order chi connectivity index (χ1) is 17.0. The molecule has 5 rings (SSSR count). The van der Waals surface area contributed by atoms with Crippen molar-refractivity contribution in [2.24, 2.45) is 0 Å². The molecule has 176 valence electrons. The van der Waals surface area contributed by atoms with Gasteiger partial charge in [0.1, 0.15) is 23.9 Å². The van der Waals surface area contributed by atoms with E-state index in [1.165, 1.54) is 47.4 Å². The van der Waals surface area contributed by atoms with Crippen LogP contribution < -0.4 is 10.1 Å². The number of hydrogen-bond donors (Lipinski definition) is 1. The average molecular weight is 472 g/mol. The van der Waals surface area contributed by atoms with E-state index in [0.29, 0.717) is 40.1 Å². The third kappa shape index (κ3) is 4.21. The Bertz CT molecular complexity index is 1440. The number of ether oxygens (including phenoxy) is 1. The summed E-state index contributed by atoms with van der Waals surface area (Å²) < 4.78 is 34.0. The van der Waals surface area contributed by atoms with E-state index >= 15 is 0 Å². The fourth-order valence-corrected chi connectivity index (χ4v) is 4.56. The minimum Gasteiger partial charge on any atom is -0.493 e. The average Bonchev–Trinajstić information content (AvgIpc) is 3.00. The number of halogens is 2. The van der Waals surface area contributed by atoms with E-state index < -0.39 is 29.5 Å². The lowest BCUT2D eigenvalue weighted by molar-refractivity contribution is -0.117. The molecule has 0 aromatic heterocycles. The van der Waals surface area contributed by atoms with Crippen LogP contribution in [0.15, 0.2) is 78.9 Å². The van der Waals surface area contributed by atoms with Crippen LogP contribution >= 0.6 is 0 Å². The molecule has 7 heteroatoms. The Hall–Kier alpha value is -4.26. The second kappa shape index (κ2) is 9.18. The molecule has 0 saturated heterocycles. The van der Waals surface area contributed by atoms with Crippen molar-refractivity contribution in [3.63, 3.8) is 0 Å². The molecule has 0 unspecified atom stereocenters. The first kappa shape index (κ1) is 22.5. The third-order valence-corrected chi connectivity index (χ3v) is 6.06. The van der Waals surface area contributed by atoms with Crippen molar-refractivity contribution < 1.29 is 23.1 Å². The van der Waals surface area contributed by atoms with Gasteiger partial charge in [0.2, 0.25) is 5.91 Å². The molecule has 1 aliphatic rings. The number of hydrogen-bond acceptors (Lipinski definition) is 3. The van der Waals surface area contributed by atoms with Crippen molar-refractivity contribution in [3.8, 4) is 5.75 Å². The largest absolute Gasteiger partial charge is 0.493 e. The molecule has 0 fully saturated rings. The summed E-state index contributed by atoms with van der Waals surface area (Å²) in [7, 11) is 0. The molecule has 5 nitrogen and oxygen atoms in total. The Morgan fingerprint density at radius 1 is 1.00 bits per heavy atom. The van der Waals surface area contributed by atoms with Crippen LogP contribution in [0.25, 0.3) is 10.8 Å². The van der Waals surface area contributed by atoms with Gasteiger partial charge in [-0.15, -0.1) is 0 Å². The molecular weight excluding hydrogens is 450 g/mol. The van der Waals surface area contributed by atoms with E-state index in [9.17, 15) is 18.4 Å². The fourth-order valence-electron chi connectivity index (χ4n) is 4.56. The van der Waals surface area contributed by atoms with Crippen LogP contribution in [0.1, 0.15) is 34.5 Å². The molecule has 1 atom stereocenters. The summed E-state index contributed by atoms with van der Waals surface area (Å²) in [5.74, 6) is -1.44. The smallest absolute Gasteiger partial charge is 0.259 e. The summed E-state index contributed by atoms with van der Waals surface area (Å²) in [4.78, 5) is 28.5. The number of amides is 2. The lowest BCUT2D eigenvalue weighted by Crippen LogP contribution is -2.39. The number of anilines is 1. The van der Waals surface area contributed by atoms with Gasteiger partial charge in [0.15, 0.2) is 0 Å². The molecule has 1 heterocycles. The highest BCUT2D eigenvalue weighted by Gasteiger charge is 2.36. The SMILES string of the molecule is CCOc1ccc2ccccc2c1C(=O)N1CC(=O)Nc2ccc(F)cc2[C@@H]1c1ccc(F)cc1. The number of nitrogens with zero attached hydrogens (tertiary/aromatic N) is 1. The maximum absolute atomic E-state index is 14.4. The zero-order valence-corrected chi connectivity index (χ0v) is 18.9. The number of nitrogens with one attached hydrogen (secondary N) is 1. The first-order valence-electron chi connectivity index (χ1n) is 11.3. The summed E-state index contributed by atoms with van der Waals surface area (Å²) >= 11 is 0. The van der Waals surface area contributed by atoms with Crippen LogP contribution in [0, 0.1) is 11.6 Å². The van der Waals surface area contributed by atoms with Gasteiger partial charge in [-0.1, -0.05) is 42.5 Å².